The molecule has 1 heterocycles. The third-order valence-electron chi connectivity index (χ3n) is 4.58. The predicted molar refractivity (Wildman–Crippen MR) is 75.3 cm³/mol. The summed E-state index contributed by atoms with van der Waals surface area (Å²) in [6, 6.07) is 6.46. The number of ether oxygens (including phenoxy) is 1. The molecule has 0 aromatic heterocycles. The van der Waals surface area contributed by atoms with Gasteiger partial charge in [-0.2, -0.15) is 0 Å². The van der Waals surface area contributed by atoms with Gasteiger partial charge in [0, 0.05) is 31.5 Å². The summed E-state index contributed by atoms with van der Waals surface area (Å²) < 4.78 is 5.52. The molecule has 0 radical (unpaired) electrons. The molecule has 1 fully saturated rings. The standard InChI is InChI=1S/C16H23NO2/c18-12-16(6-1-2-7-16)11-17-10-13-3-4-15-14(9-13)5-8-19-15/h3-4,9,17-18H,1-2,5-8,10-12H2. The van der Waals surface area contributed by atoms with Gasteiger partial charge in [-0.1, -0.05) is 25.0 Å². The summed E-state index contributed by atoms with van der Waals surface area (Å²) in [4.78, 5) is 0. The zero-order valence-electron chi connectivity index (χ0n) is 11.5. The van der Waals surface area contributed by atoms with Crippen molar-refractivity contribution >= 4 is 0 Å². The van der Waals surface area contributed by atoms with Crippen molar-refractivity contribution in [2.75, 3.05) is 19.8 Å². The fourth-order valence-corrected chi connectivity index (χ4v) is 3.34. The lowest BCUT2D eigenvalue weighted by Gasteiger charge is -2.26. The quantitative estimate of drug-likeness (QED) is 0.854. The molecule has 1 aromatic carbocycles. The van der Waals surface area contributed by atoms with Gasteiger partial charge in [-0.25, -0.2) is 0 Å². The number of fused-ring (bicyclic) bond motifs is 1. The van der Waals surface area contributed by atoms with Crippen LogP contribution in [0.25, 0.3) is 0 Å². The Balaban J connectivity index is 1.55. The second-order valence-corrected chi connectivity index (χ2v) is 6.01. The van der Waals surface area contributed by atoms with E-state index in [2.05, 4.69) is 23.5 Å². The summed E-state index contributed by atoms with van der Waals surface area (Å²) in [5.41, 5.74) is 2.78. The van der Waals surface area contributed by atoms with Gasteiger partial charge >= 0.3 is 0 Å². The van der Waals surface area contributed by atoms with E-state index in [1.807, 2.05) is 0 Å². The van der Waals surface area contributed by atoms with Crippen LogP contribution in [0.1, 0.15) is 36.8 Å². The topological polar surface area (TPSA) is 41.5 Å². The number of hydrogen-bond acceptors (Lipinski definition) is 3. The zero-order chi connectivity index (χ0) is 13.1. The molecular formula is C16H23NO2. The Bertz CT molecular complexity index is 438. The summed E-state index contributed by atoms with van der Waals surface area (Å²) in [5.74, 6) is 1.05. The number of rotatable bonds is 5. The van der Waals surface area contributed by atoms with Crippen LogP contribution in [0.5, 0.6) is 5.75 Å². The average molecular weight is 261 g/mol. The van der Waals surface area contributed by atoms with Crippen LogP contribution in [0.4, 0.5) is 0 Å². The van der Waals surface area contributed by atoms with Gasteiger partial charge in [0.15, 0.2) is 0 Å². The maximum atomic E-state index is 9.58. The first-order valence-electron chi connectivity index (χ1n) is 7.38. The lowest BCUT2D eigenvalue weighted by atomic mass is 9.87. The van der Waals surface area contributed by atoms with Crippen molar-refractivity contribution in [1.29, 1.82) is 0 Å². The van der Waals surface area contributed by atoms with Crippen LogP contribution in [-0.2, 0) is 13.0 Å². The highest BCUT2D eigenvalue weighted by atomic mass is 16.5. The van der Waals surface area contributed by atoms with Crippen molar-refractivity contribution in [2.45, 2.75) is 38.6 Å². The molecule has 0 spiro atoms. The Labute approximate surface area is 115 Å². The molecule has 0 unspecified atom stereocenters. The Hall–Kier alpha value is -1.06. The largest absolute Gasteiger partial charge is 0.493 e. The van der Waals surface area contributed by atoms with Crippen molar-refractivity contribution in [2.24, 2.45) is 5.41 Å². The van der Waals surface area contributed by atoms with Gasteiger partial charge in [0.2, 0.25) is 0 Å². The van der Waals surface area contributed by atoms with Gasteiger partial charge in [0.1, 0.15) is 5.75 Å². The molecule has 1 aromatic rings. The minimum absolute atomic E-state index is 0.139. The van der Waals surface area contributed by atoms with Gasteiger partial charge in [0.05, 0.1) is 6.61 Å². The fraction of sp³-hybridized carbons (Fsp3) is 0.625. The van der Waals surface area contributed by atoms with Crippen LogP contribution in [0.2, 0.25) is 0 Å². The van der Waals surface area contributed by atoms with Crippen molar-refractivity contribution in [3.05, 3.63) is 29.3 Å². The molecule has 0 bridgehead atoms. The summed E-state index contributed by atoms with van der Waals surface area (Å²) in [6.07, 6.45) is 5.88. The van der Waals surface area contributed by atoms with Crippen LogP contribution < -0.4 is 10.1 Å². The summed E-state index contributed by atoms with van der Waals surface area (Å²) in [6.45, 7) is 2.95. The van der Waals surface area contributed by atoms with Gasteiger partial charge in [0.25, 0.3) is 0 Å². The van der Waals surface area contributed by atoms with Gasteiger partial charge in [-0.15, -0.1) is 0 Å². The molecule has 1 saturated carbocycles. The van der Waals surface area contributed by atoms with E-state index in [4.69, 9.17) is 4.74 Å². The highest BCUT2D eigenvalue weighted by molar-refractivity contribution is 5.39. The molecular weight excluding hydrogens is 238 g/mol. The molecule has 0 amide bonds. The maximum Gasteiger partial charge on any atom is 0.122 e. The number of benzene rings is 1. The lowest BCUT2D eigenvalue weighted by Crippen LogP contribution is -2.34. The Morgan fingerprint density at radius 3 is 2.89 bits per heavy atom. The second-order valence-electron chi connectivity index (χ2n) is 6.01. The molecule has 104 valence electrons. The first kappa shape index (κ1) is 12.9. The number of aliphatic hydroxyl groups is 1. The Morgan fingerprint density at radius 2 is 2.11 bits per heavy atom. The molecule has 2 N–H and O–H groups in total. The third kappa shape index (κ3) is 2.77. The van der Waals surface area contributed by atoms with Crippen molar-refractivity contribution in [1.82, 2.24) is 5.32 Å². The highest BCUT2D eigenvalue weighted by Gasteiger charge is 2.32. The minimum Gasteiger partial charge on any atom is -0.493 e. The number of hydrogen-bond donors (Lipinski definition) is 2. The van der Waals surface area contributed by atoms with Crippen LogP contribution >= 0.6 is 0 Å². The Morgan fingerprint density at radius 1 is 1.26 bits per heavy atom. The van der Waals surface area contributed by atoms with E-state index in [9.17, 15) is 5.11 Å². The zero-order valence-corrected chi connectivity index (χ0v) is 11.5. The van der Waals surface area contributed by atoms with Crippen LogP contribution in [0.3, 0.4) is 0 Å². The van der Waals surface area contributed by atoms with E-state index in [1.54, 1.807) is 0 Å². The lowest BCUT2D eigenvalue weighted by molar-refractivity contribution is 0.128. The predicted octanol–water partition coefficient (Wildman–Crippen LogP) is 2.26. The molecule has 1 aliphatic carbocycles. The first-order valence-corrected chi connectivity index (χ1v) is 7.38. The van der Waals surface area contributed by atoms with E-state index in [1.165, 1.54) is 24.0 Å². The van der Waals surface area contributed by atoms with E-state index < -0.39 is 0 Å². The van der Waals surface area contributed by atoms with Gasteiger partial charge in [-0.3, -0.25) is 0 Å². The molecule has 1 aliphatic heterocycles. The molecule has 3 heteroatoms. The maximum absolute atomic E-state index is 9.58. The second kappa shape index (κ2) is 5.51. The normalized spacial score (nSPS) is 20.3. The van der Waals surface area contributed by atoms with E-state index in [-0.39, 0.29) is 5.41 Å². The van der Waals surface area contributed by atoms with Crippen molar-refractivity contribution in [3.63, 3.8) is 0 Å². The van der Waals surface area contributed by atoms with Gasteiger partial charge in [-0.05, 0) is 30.0 Å². The highest BCUT2D eigenvalue weighted by Crippen LogP contribution is 2.37. The fourth-order valence-electron chi connectivity index (χ4n) is 3.34. The van der Waals surface area contributed by atoms with Crippen molar-refractivity contribution in [3.8, 4) is 5.75 Å². The molecule has 3 rings (SSSR count). The molecule has 0 atom stereocenters. The summed E-state index contributed by atoms with van der Waals surface area (Å²) in [5, 5.41) is 13.1. The van der Waals surface area contributed by atoms with E-state index >= 15 is 0 Å². The third-order valence-corrected chi connectivity index (χ3v) is 4.58. The average Bonchev–Trinajstić information content (AvgIpc) is 3.07. The monoisotopic (exact) mass is 261 g/mol. The summed E-state index contributed by atoms with van der Waals surface area (Å²) >= 11 is 0. The number of nitrogens with one attached hydrogen (secondary N) is 1. The minimum atomic E-state index is 0.139. The molecule has 0 saturated heterocycles. The van der Waals surface area contributed by atoms with Crippen molar-refractivity contribution < 1.29 is 9.84 Å². The molecule has 2 aliphatic rings. The van der Waals surface area contributed by atoms with Gasteiger partial charge < -0.3 is 15.2 Å². The van der Waals surface area contributed by atoms with Crippen LogP contribution in [0, 0.1) is 5.41 Å². The smallest absolute Gasteiger partial charge is 0.122 e. The Kier molecular flexibility index (Phi) is 3.76. The van der Waals surface area contributed by atoms with Crippen LogP contribution in [0.15, 0.2) is 18.2 Å². The first-order chi connectivity index (χ1) is 9.31. The van der Waals surface area contributed by atoms with Crippen LogP contribution in [-0.4, -0.2) is 24.9 Å². The summed E-state index contributed by atoms with van der Waals surface area (Å²) in [7, 11) is 0. The van der Waals surface area contributed by atoms with E-state index in [0.717, 1.165) is 44.7 Å². The molecule has 3 nitrogen and oxygen atoms in total. The molecule has 19 heavy (non-hydrogen) atoms. The SMILES string of the molecule is OCC1(CNCc2ccc3c(c2)CCO3)CCCC1. The number of aliphatic hydroxyl groups excluding tert-OH is 1. The van der Waals surface area contributed by atoms with E-state index in [0.29, 0.717) is 6.61 Å².